The minimum Gasteiger partial charge on any atom is -0.494 e. The molecule has 1 unspecified atom stereocenters. The summed E-state index contributed by atoms with van der Waals surface area (Å²) in [6.07, 6.45) is 0. The highest BCUT2D eigenvalue weighted by Gasteiger charge is 2.06. The monoisotopic (exact) mass is 305 g/mol. The fourth-order valence-electron chi connectivity index (χ4n) is 1.18. The molecule has 0 aliphatic carbocycles. The Balaban J connectivity index is 2.94. The van der Waals surface area contributed by atoms with E-state index in [1.54, 1.807) is 0 Å². The molecule has 3 heteroatoms. The van der Waals surface area contributed by atoms with E-state index in [9.17, 15) is 0 Å². The smallest absolute Gasteiger partial charge is 0.120 e. The van der Waals surface area contributed by atoms with Crippen molar-refractivity contribution in [3.8, 4) is 5.75 Å². The number of ether oxygens (including phenoxy) is 1. The van der Waals surface area contributed by atoms with Crippen LogP contribution in [0.4, 0.5) is 0 Å². The topological polar surface area (TPSA) is 29.5 Å². The summed E-state index contributed by atoms with van der Waals surface area (Å²) >= 11 is 2.23. The second-order valence-electron chi connectivity index (χ2n) is 3.03. The van der Waals surface area contributed by atoms with Gasteiger partial charge in [0.15, 0.2) is 0 Å². The van der Waals surface area contributed by atoms with Crippen molar-refractivity contribution in [2.75, 3.05) is 13.2 Å². The average molecular weight is 305 g/mol. The zero-order chi connectivity index (χ0) is 10.6. The molecule has 77 valence electrons. The van der Waals surface area contributed by atoms with Crippen LogP contribution in [0, 0.1) is 10.5 Å². The molecule has 1 rings (SSSR count). The van der Waals surface area contributed by atoms with E-state index in [2.05, 4.69) is 29.5 Å². The van der Waals surface area contributed by atoms with Crippen molar-refractivity contribution in [3.63, 3.8) is 0 Å². The quantitative estimate of drug-likeness (QED) is 0.867. The predicted molar refractivity (Wildman–Crippen MR) is 65.5 cm³/mol. The molecule has 1 N–H and O–H groups in total. The molecule has 0 aromatic heterocycles. The van der Waals surface area contributed by atoms with Gasteiger partial charge in [-0.05, 0) is 60.2 Å². The number of rotatable bonds is 4. The van der Waals surface area contributed by atoms with Gasteiger partial charge in [-0.2, -0.15) is 0 Å². The van der Waals surface area contributed by atoms with E-state index in [1.807, 2.05) is 25.1 Å². The molecular formula is C11H14IO2. The third-order valence-corrected chi connectivity index (χ3v) is 2.52. The van der Waals surface area contributed by atoms with Crippen LogP contribution >= 0.6 is 22.6 Å². The highest BCUT2D eigenvalue weighted by atomic mass is 127. The number of halogens is 1. The maximum Gasteiger partial charge on any atom is 0.120 e. The van der Waals surface area contributed by atoms with Gasteiger partial charge in [0.1, 0.15) is 5.75 Å². The van der Waals surface area contributed by atoms with Crippen molar-refractivity contribution in [1.82, 2.24) is 0 Å². The summed E-state index contributed by atoms with van der Waals surface area (Å²) in [5.41, 5.74) is 1.02. The van der Waals surface area contributed by atoms with E-state index >= 15 is 0 Å². The van der Waals surface area contributed by atoms with E-state index in [4.69, 9.17) is 9.84 Å². The van der Waals surface area contributed by atoms with Crippen LogP contribution in [0.25, 0.3) is 0 Å². The number of benzene rings is 1. The molecular weight excluding hydrogens is 291 g/mol. The van der Waals surface area contributed by atoms with Gasteiger partial charge in [0, 0.05) is 16.1 Å². The van der Waals surface area contributed by atoms with Crippen molar-refractivity contribution in [3.05, 3.63) is 34.3 Å². The van der Waals surface area contributed by atoms with Crippen LogP contribution in [0.3, 0.4) is 0 Å². The summed E-state index contributed by atoms with van der Waals surface area (Å²) in [5.74, 6) is 0.764. The molecule has 0 bridgehead atoms. The van der Waals surface area contributed by atoms with E-state index in [-0.39, 0.29) is 12.5 Å². The molecule has 14 heavy (non-hydrogen) atoms. The average Bonchev–Trinajstić information content (AvgIpc) is 2.16. The lowest BCUT2D eigenvalue weighted by Gasteiger charge is -2.11. The fraction of sp³-hybridized carbons (Fsp3) is 0.364. The lowest BCUT2D eigenvalue weighted by molar-refractivity contribution is 0.282. The van der Waals surface area contributed by atoms with Crippen LogP contribution in [-0.2, 0) is 0 Å². The summed E-state index contributed by atoms with van der Waals surface area (Å²) < 4.78 is 6.51. The molecule has 0 aliphatic heterocycles. The Labute approximate surface area is 98.4 Å². The Morgan fingerprint density at radius 2 is 2.21 bits per heavy atom. The number of hydrogen-bond acceptors (Lipinski definition) is 2. The molecule has 1 atom stereocenters. The third-order valence-electron chi connectivity index (χ3n) is 1.90. The summed E-state index contributed by atoms with van der Waals surface area (Å²) in [4.78, 5) is 0. The molecule has 0 aliphatic rings. The predicted octanol–water partition coefficient (Wildman–Crippen LogP) is 2.60. The molecule has 0 saturated carbocycles. The van der Waals surface area contributed by atoms with E-state index in [0.717, 1.165) is 14.9 Å². The van der Waals surface area contributed by atoms with E-state index in [0.29, 0.717) is 6.61 Å². The first-order valence-electron chi connectivity index (χ1n) is 4.54. The first kappa shape index (κ1) is 11.8. The lowest BCUT2D eigenvalue weighted by atomic mass is 10.0. The Bertz CT molecular complexity index is 299. The summed E-state index contributed by atoms with van der Waals surface area (Å²) in [5, 5.41) is 8.99. The molecule has 0 heterocycles. The third kappa shape index (κ3) is 3.13. The van der Waals surface area contributed by atoms with E-state index in [1.165, 1.54) is 0 Å². The van der Waals surface area contributed by atoms with Gasteiger partial charge in [0.05, 0.1) is 6.61 Å². The molecule has 1 aromatic carbocycles. The van der Waals surface area contributed by atoms with Gasteiger partial charge in [-0.1, -0.05) is 0 Å². The number of aliphatic hydroxyl groups is 1. The molecule has 0 fully saturated rings. The van der Waals surface area contributed by atoms with Crippen LogP contribution in [0.5, 0.6) is 5.75 Å². The van der Waals surface area contributed by atoms with Crippen molar-refractivity contribution < 1.29 is 9.84 Å². The molecule has 2 nitrogen and oxygen atoms in total. The van der Waals surface area contributed by atoms with Crippen LogP contribution in [0.2, 0.25) is 0 Å². The number of hydrogen-bond donors (Lipinski definition) is 1. The van der Waals surface area contributed by atoms with Crippen LogP contribution in [0.15, 0.2) is 18.2 Å². The van der Waals surface area contributed by atoms with Crippen molar-refractivity contribution in [2.45, 2.75) is 12.8 Å². The van der Waals surface area contributed by atoms with Gasteiger partial charge in [0.2, 0.25) is 0 Å². The first-order chi connectivity index (χ1) is 6.67. The van der Waals surface area contributed by atoms with Gasteiger partial charge >= 0.3 is 0 Å². The molecule has 0 spiro atoms. The molecule has 0 amide bonds. The first-order valence-corrected chi connectivity index (χ1v) is 5.62. The standard InChI is InChI=1S/C11H14IO2/c1-3-14-11-5-9(8(2)7-13)4-10(12)6-11/h4-6,8,13H,2-3,7H2,1H3. The SMILES string of the molecule is [CH2]C(CO)c1cc(I)cc(OCC)c1. The minimum absolute atomic E-state index is 0.0612. The van der Waals surface area contributed by atoms with Gasteiger partial charge in [0.25, 0.3) is 0 Å². The Morgan fingerprint density at radius 1 is 1.50 bits per heavy atom. The van der Waals surface area contributed by atoms with Crippen molar-refractivity contribution >= 4 is 22.6 Å². The largest absolute Gasteiger partial charge is 0.494 e. The normalized spacial score (nSPS) is 12.6. The van der Waals surface area contributed by atoms with Gasteiger partial charge in [-0.3, -0.25) is 0 Å². The zero-order valence-electron chi connectivity index (χ0n) is 8.16. The highest BCUT2D eigenvalue weighted by molar-refractivity contribution is 14.1. The summed E-state index contributed by atoms with van der Waals surface area (Å²) in [6.45, 7) is 6.53. The van der Waals surface area contributed by atoms with Crippen LogP contribution in [-0.4, -0.2) is 18.3 Å². The maximum atomic E-state index is 8.99. The second kappa shape index (κ2) is 5.56. The molecule has 0 saturated heterocycles. The van der Waals surface area contributed by atoms with Crippen molar-refractivity contribution in [2.24, 2.45) is 0 Å². The fourth-order valence-corrected chi connectivity index (χ4v) is 1.84. The summed E-state index contributed by atoms with van der Waals surface area (Å²) in [7, 11) is 0. The van der Waals surface area contributed by atoms with Gasteiger partial charge in [-0.15, -0.1) is 0 Å². The molecule has 1 radical (unpaired) electrons. The van der Waals surface area contributed by atoms with Crippen LogP contribution in [0.1, 0.15) is 18.4 Å². The number of aliphatic hydroxyl groups excluding tert-OH is 1. The lowest BCUT2D eigenvalue weighted by Crippen LogP contribution is -2.01. The van der Waals surface area contributed by atoms with Gasteiger partial charge in [-0.25, -0.2) is 0 Å². The molecule has 1 aromatic rings. The zero-order valence-corrected chi connectivity index (χ0v) is 10.3. The minimum atomic E-state index is -0.0797. The van der Waals surface area contributed by atoms with Crippen LogP contribution < -0.4 is 4.74 Å². The Kier molecular flexibility index (Phi) is 4.68. The van der Waals surface area contributed by atoms with Crippen molar-refractivity contribution in [1.29, 1.82) is 0 Å². The second-order valence-corrected chi connectivity index (χ2v) is 4.28. The Morgan fingerprint density at radius 3 is 2.79 bits per heavy atom. The maximum absolute atomic E-state index is 8.99. The van der Waals surface area contributed by atoms with E-state index < -0.39 is 0 Å². The van der Waals surface area contributed by atoms with Gasteiger partial charge < -0.3 is 9.84 Å². The highest BCUT2D eigenvalue weighted by Crippen LogP contribution is 2.23. The Hall–Kier alpha value is -0.290. The summed E-state index contributed by atoms with van der Waals surface area (Å²) in [6, 6.07) is 5.91.